The van der Waals surface area contributed by atoms with Crippen LogP contribution in [-0.2, 0) is 9.53 Å². The van der Waals surface area contributed by atoms with Crippen molar-refractivity contribution in [2.45, 2.75) is 5.03 Å². The number of thioether (sulfide) groups is 1. The van der Waals surface area contributed by atoms with Crippen LogP contribution < -0.4 is 11.3 Å². The molecule has 76 valence electrons. The number of ether oxygens (including phenoxy) is 1. The average molecular weight is 213 g/mol. The Morgan fingerprint density at radius 3 is 3.14 bits per heavy atom. The minimum absolute atomic E-state index is 0.248. The van der Waals surface area contributed by atoms with Gasteiger partial charge in [-0.1, -0.05) is 17.8 Å². The van der Waals surface area contributed by atoms with E-state index in [2.05, 4.69) is 15.1 Å². The first kappa shape index (κ1) is 10.8. The summed E-state index contributed by atoms with van der Waals surface area (Å²) in [5.41, 5.74) is 2.43. The Hall–Kier alpha value is -1.27. The highest BCUT2D eigenvalue weighted by Crippen LogP contribution is 2.16. The monoisotopic (exact) mass is 213 g/mol. The van der Waals surface area contributed by atoms with Crippen LogP contribution in [0.25, 0.3) is 0 Å². The molecule has 0 unspecified atom stereocenters. The van der Waals surface area contributed by atoms with Crippen LogP contribution in [0.3, 0.4) is 0 Å². The lowest BCUT2D eigenvalue weighted by atomic mass is 10.5. The van der Waals surface area contributed by atoms with Crippen molar-refractivity contribution in [3.8, 4) is 0 Å². The highest BCUT2D eigenvalue weighted by atomic mass is 32.2. The zero-order chi connectivity index (χ0) is 10.4. The molecule has 0 saturated heterocycles. The summed E-state index contributed by atoms with van der Waals surface area (Å²) >= 11 is 1.30. The standard InChI is InChI=1S/C8H11N3O2S/c1-13-8(12)5-14-7-4-2-3-6(10-7)11-9/h2-4H,5,9H2,1H3,(H,10,11). The van der Waals surface area contributed by atoms with Crippen LogP contribution in [0.2, 0.25) is 0 Å². The molecule has 3 N–H and O–H groups in total. The number of hydrazine groups is 1. The summed E-state index contributed by atoms with van der Waals surface area (Å²) in [6.07, 6.45) is 0. The fourth-order valence-corrected chi connectivity index (χ4v) is 1.49. The number of nitrogens with two attached hydrogens (primary N) is 1. The summed E-state index contributed by atoms with van der Waals surface area (Å²) in [5, 5.41) is 0.728. The number of esters is 1. The lowest BCUT2D eigenvalue weighted by molar-refractivity contribution is -0.137. The van der Waals surface area contributed by atoms with Crippen molar-refractivity contribution in [1.82, 2.24) is 4.98 Å². The Balaban J connectivity index is 2.54. The number of nitrogens with one attached hydrogen (secondary N) is 1. The normalized spacial score (nSPS) is 9.57. The van der Waals surface area contributed by atoms with Gasteiger partial charge in [-0.25, -0.2) is 10.8 Å². The number of hydrogen-bond acceptors (Lipinski definition) is 6. The van der Waals surface area contributed by atoms with Crippen molar-refractivity contribution >= 4 is 23.5 Å². The van der Waals surface area contributed by atoms with Gasteiger partial charge in [0.15, 0.2) is 0 Å². The van der Waals surface area contributed by atoms with E-state index in [0.717, 1.165) is 5.03 Å². The van der Waals surface area contributed by atoms with Gasteiger partial charge in [0.1, 0.15) is 5.82 Å². The molecule has 0 amide bonds. The number of carbonyl (C=O) groups excluding carboxylic acids is 1. The SMILES string of the molecule is COC(=O)CSc1cccc(NN)n1. The van der Waals surface area contributed by atoms with Crippen molar-refractivity contribution in [2.75, 3.05) is 18.3 Å². The summed E-state index contributed by atoms with van der Waals surface area (Å²) in [6.45, 7) is 0. The Bertz CT molecular complexity index is 319. The largest absolute Gasteiger partial charge is 0.468 e. The molecule has 0 fully saturated rings. The first-order valence-electron chi connectivity index (χ1n) is 3.89. The Morgan fingerprint density at radius 1 is 1.71 bits per heavy atom. The average Bonchev–Trinajstić information content (AvgIpc) is 2.26. The second kappa shape index (κ2) is 5.46. The molecule has 0 atom stereocenters. The van der Waals surface area contributed by atoms with Crippen LogP contribution in [0.5, 0.6) is 0 Å². The Labute approximate surface area is 86.0 Å². The summed E-state index contributed by atoms with van der Waals surface area (Å²) in [4.78, 5) is 14.9. The predicted molar refractivity (Wildman–Crippen MR) is 54.8 cm³/mol. The van der Waals surface area contributed by atoms with E-state index in [-0.39, 0.29) is 11.7 Å². The highest BCUT2D eigenvalue weighted by molar-refractivity contribution is 7.99. The lowest BCUT2D eigenvalue weighted by Crippen LogP contribution is -2.08. The fraction of sp³-hybridized carbons (Fsp3) is 0.250. The van der Waals surface area contributed by atoms with Crippen LogP contribution in [0, 0.1) is 0 Å². The molecule has 0 aromatic carbocycles. The van der Waals surface area contributed by atoms with E-state index in [1.165, 1.54) is 18.9 Å². The zero-order valence-corrected chi connectivity index (χ0v) is 8.50. The van der Waals surface area contributed by atoms with Gasteiger partial charge >= 0.3 is 5.97 Å². The van der Waals surface area contributed by atoms with Crippen molar-refractivity contribution in [3.05, 3.63) is 18.2 Å². The van der Waals surface area contributed by atoms with Gasteiger partial charge < -0.3 is 10.2 Å². The maximum absolute atomic E-state index is 10.8. The first-order valence-corrected chi connectivity index (χ1v) is 4.88. The third-order valence-corrected chi connectivity index (χ3v) is 2.34. The number of nitrogens with zero attached hydrogens (tertiary/aromatic N) is 1. The topological polar surface area (TPSA) is 77.2 Å². The van der Waals surface area contributed by atoms with Crippen LogP contribution in [0.1, 0.15) is 0 Å². The van der Waals surface area contributed by atoms with E-state index in [4.69, 9.17) is 5.84 Å². The molecule has 0 saturated carbocycles. The molecule has 6 heteroatoms. The quantitative estimate of drug-likeness (QED) is 0.330. The molecule has 1 heterocycles. The van der Waals surface area contributed by atoms with E-state index in [0.29, 0.717) is 5.82 Å². The number of pyridine rings is 1. The van der Waals surface area contributed by atoms with Gasteiger partial charge in [-0.3, -0.25) is 4.79 Å². The summed E-state index contributed by atoms with van der Waals surface area (Å²) in [5.74, 6) is 5.73. The smallest absolute Gasteiger partial charge is 0.316 e. The fourth-order valence-electron chi connectivity index (χ4n) is 0.767. The van der Waals surface area contributed by atoms with Crippen molar-refractivity contribution in [2.24, 2.45) is 5.84 Å². The molecular formula is C8H11N3O2S. The summed E-state index contributed by atoms with van der Waals surface area (Å²) in [7, 11) is 1.36. The molecule has 0 aliphatic rings. The van der Waals surface area contributed by atoms with E-state index < -0.39 is 0 Å². The second-order valence-electron chi connectivity index (χ2n) is 2.37. The molecule has 1 aromatic rings. The van der Waals surface area contributed by atoms with Crippen LogP contribution in [-0.4, -0.2) is 23.8 Å². The number of methoxy groups -OCH3 is 1. The molecule has 0 spiro atoms. The van der Waals surface area contributed by atoms with Crippen molar-refractivity contribution < 1.29 is 9.53 Å². The van der Waals surface area contributed by atoms with Gasteiger partial charge in [-0.05, 0) is 12.1 Å². The van der Waals surface area contributed by atoms with Gasteiger partial charge in [-0.15, -0.1) is 0 Å². The Morgan fingerprint density at radius 2 is 2.50 bits per heavy atom. The maximum Gasteiger partial charge on any atom is 0.316 e. The molecule has 1 aromatic heterocycles. The molecule has 5 nitrogen and oxygen atoms in total. The number of hydrogen-bond donors (Lipinski definition) is 2. The summed E-state index contributed by atoms with van der Waals surface area (Å²) in [6, 6.07) is 5.35. The van der Waals surface area contributed by atoms with Crippen molar-refractivity contribution in [1.29, 1.82) is 0 Å². The minimum Gasteiger partial charge on any atom is -0.468 e. The number of nitrogen functional groups attached to an aromatic ring is 1. The van der Waals surface area contributed by atoms with E-state index in [1.807, 2.05) is 6.07 Å². The lowest BCUT2D eigenvalue weighted by Gasteiger charge is -2.02. The van der Waals surface area contributed by atoms with E-state index in [9.17, 15) is 4.79 Å². The third-order valence-electron chi connectivity index (χ3n) is 1.44. The minimum atomic E-state index is -0.275. The Kier molecular flexibility index (Phi) is 4.21. The van der Waals surface area contributed by atoms with E-state index >= 15 is 0 Å². The van der Waals surface area contributed by atoms with Gasteiger partial charge in [0.2, 0.25) is 0 Å². The number of carbonyl (C=O) groups is 1. The van der Waals surface area contributed by atoms with Crippen LogP contribution >= 0.6 is 11.8 Å². The maximum atomic E-state index is 10.8. The molecule has 0 aliphatic carbocycles. The molecule has 0 radical (unpaired) electrons. The van der Waals surface area contributed by atoms with Crippen LogP contribution in [0.15, 0.2) is 23.2 Å². The second-order valence-corrected chi connectivity index (χ2v) is 3.37. The van der Waals surface area contributed by atoms with Gasteiger partial charge in [0.25, 0.3) is 0 Å². The number of rotatable bonds is 4. The van der Waals surface area contributed by atoms with Crippen LogP contribution in [0.4, 0.5) is 5.82 Å². The zero-order valence-electron chi connectivity index (χ0n) is 7.69. The summed E-state index contributed by atoms with van der Waals surface area (Å²) < 4.78 is 4.50. The highest BCUT2D eigenvalue weighted by Gasteiger charge is 2.03. The third kappa shape index (κ3) is 3.23. The molecule has 1 rings (SSSR count). The predicted octanol–water partition coefficient (Wildman–Crippen LogP) is 0.632. The van der Waals surface area contributed by atoms with Gasteiger partial charge in [0.05, 0.1) is 17.9 Å². The van der Waals surface area contributed by atoms with Crippen molar-refractivity contribution in [3.63, 3.8) is 0 Å². The number of aromatic nitrogens is 1. The number of anilines is 1. The first-order chi connectivity index (χ1) is 6.76. The molecule has 0 aliphatic heterocycles. The molecule has 14 heavy (non-hydrogen) atoms. The molecule has 0 bridgehead atoms. The molecular weight excluding hydrogens is 202 g/mol. The van der Waals surface area contributed by atoms with E-state index in [1.54, 1.807) is 12.1 Å². The van der Waals surface area contributed by atoms with Gasteiger partial charge in [-0.2, -0.15) is 0 Å². The van der Waals surface area contributed by atoms with Gasteiger partial charge in [0, 0.05) is 0 Å².